The smallest absolute Gasteiger partial charge is 0.176 e. The molecule has 0 radical (unpaired) electrons. The summed E-state index contributed by atoms with van der Waals surface area (Å²) in [6.45, 7) is 4.87. The van der Waals surface area contributed by atoms with E-state index in [-0.39, 0.29) is 11.5 Å². The predicted molar refractivity (Wildman–Crippen MR) is 71.9 cm³/mol. The minimum Gasteiger partial charge on any atom is -0.508 e. The lowest BCUT2D eigenvalue weighted by atomic mass is 10.1. The molecule has 0 amide bonds. The summed E-state index contributed by atoms with van der Waals surface area (Å²) in [6.07, 6.45) is 3.48. The zero-order chi connectivity index (χ0) is 13.1. The second-order valence-electron chi connectivity index (χ2n) is 5.13. The van der Waals surface area contributed by atoms with E-state index in [0.717, 1.165) is 6.42 Å². The van der Waals surface area contributed by atoms with E-state index >= 15 is 0 Å². The molecule has 1 aliphatic rings. The average molecular weight is 247 g/mol. The van der Waals surface area contributed by atoms with Crippen LogP contribution in [0.5, 0.6) is 5.75 Å². The van der Waals surface area contributed by atoms with E-state index in [1.807, 2.05) is 0 Å². The summed E-state index contributed by atoms with van der Waals surface area (Å²) in [6, 6.07) is 7.56. The van der Waals surface area contributed by atoms with E-state index in [0.29, 0.717) is 24.2 Å². The quantitative estimate of drug-likeness (QED) is 0.832. The summed E-state index contributed by atoms with van der Waals surface area (Å²) in [5, 5.41) is 9.22. The van der Waals surface area contributed by atoms with Crippen LogP contribution in [-0.4, -0.2) is 34.4 Å². The summed E-state index contributed by atoms with van der Waals surface area (Å²) >= 11 is 0. The first kappa shape index (κ1) is 13.1. The van der Waals surface area contributed by atoms with E-state index in [1.54, 1.807) is 24.3 Å². The lowest BCUT2D eigenvalue weighted by Gasteiger charge is -2.26. The fourth-order valence-electron chi connectivity index (χ4n) is 2.75. The number of carbonyl (C=O) groups excluding carboxylic acids is 1. The van der Waals surface area contributed by atoms with E-state index < -0.39 is 0 Å². The number of aromatic hydroxyl groups is 1. The van der Waals surface area contributed by atoms with Crippen LogP contribution in [0.25, 0.3) is 0 Å². The van der Waals surface area contributed by atoms with Crippen molar-refractivity contribution in [1.29, 1.82) is 0 Å². The molecule has 2 atom stereocenters. The van der Waals surface area contributed by atoms with Crippen molar-refractivity contribution in [1.82, 2.24) is 4.90 Å². The van der Waals surface area contributed by atoms with Crippen LogP contribution in [0, 0.1) is 0 Å². The number of likely N-dealkylation sites (tertiary alicyclic amines) is 1. The van der Waals surface area contributed by atoms with Crippen LogP contribution in [0.4, 0.5) is 0 Å². The Morgan fingerprint density at radius 1 is 1.33 bits per heavy atom. The lowest BCUT2D eigenvalue weighted by molar-refractivity contribution is 0.0889. The van der Waals surface area contributed by atoms with Crippen molar-refractivity contribution in [2.24, 2.45) is 0 Å². The van der Waals surface area contributed by atoms with E-state index in [2.05, 4.69) is 18.7 Å². The average Bonchev–Trinajstić information content (AvgIpc) is 2.71. The fraction of sp³-hybridized carbons (Fsp3) is 0.533. The van der Waals surface area contributed by atoms with Crippen molar-refractivity contribution in [2.45, 2.75) is 45.2 Å². The Hall–Kier alpha value is -1.35. The number of hydrogen-bond donors (Lipinski definition) is 1. The molecule has 1 aliphatic heterocycles. The molecule has 0 saturated carbocycles. The van der Waals surface area contributed by atoms with Crippen LogP contribution in [-0.2, 0) is 0 Å². The molecule has 2 unspecified atom stereocenters. The SMILES string of the molecule is CCC1CCC(C)N1CC(=O)c1ccc(O)cc1. The summed E-state index contributed by atoms with van der Waals surface area (Å²) in [7, 11) is 0. The Morgan fingerprint density at radius 2 is 2.00 bits per heavy atom. The number of phenolic OH excluding ortho intramolecular Hbond substituents is 1. The van der Waals surface area contributed by atoms with Crippen LogP contribution in [0.1, 0.15) is 43.5 Å². The molecule has 2 rings (SSSR count). The minimum absolute atomic E-state index is 0.141. The maximum absolute atomic E-state index is 12.2. The van der Waals surface area contributed by atoms with Gasteiger partial charge in [-0.15, -0.1) is 0 Å². The molecule has 3 nitrogen and oxygen atoms in total. The molecule has 1 fully saturated rings. The van der Waals surface area contributed by atoms with E-state index in [4.69, 9.17) is 0 Å². The largest absolute Gasteiger partial charge is 0.508 e. The first-order valence-corrected chi connectivity index (χ1v) is 6.69. The standard InChI is InChI=1S/C15H21NO2/c1-3-13-7-4-11(2)16(13)10-15(18)12-5-8-14(17)9-6-12/h5-6,8-9,11,13,17H,3-4,7,10H2,1-2H3. The molecule has 1 aromatic rings. The third-order valence-corrected chi connectivity index (χ3v) is 3.94. The molecule has 1 saturated heterocycles. The molecule has 1 aromatic carbocycles. The molecule has 1 heterocycles. The van der Waals surface area contributed by atoms with Crippen molar-refractivity contribution in [3.63, 3.8) is 0 Å². The number of nitrogens with zero attached hydrogens (tertiary/aromatic N) is 1. The Morgan fingerprint density at radius 3 is 2.61 bits per heavy atom. The predicted octanol–water partition coefficient (Wildman–Crippen LogP) is 2.84. The third kappa shape index (κ3) is 2.72. The van der Waals surface area contributed by atoms with Crippen LogP contribution < -0.4 is 0 Å². The van der Waals surface area contributed by atoms with Gasteiger partial charge in [0.2, 0.25) is 0 Å². The van der Waals surface area contributed by atoms with Crippen molar-refractivity contribution in [3.8, 4) is 5.75 Å². The van der Waals surface area contributed by atoms with Gasteiger partial charge in [0, 0.05) is 17.6 Å². The van der Waals surface area contributed by atoms with Gasteiger partial charge in [0.05, 0.1) is 6.54 Å². The Kier molecular flexibility index (Phi) is 4.02. The summed E-state index contributed by atoms with van der Waals surface area (Å²) in [4.78, 5) is 14.5. The van der Waals surface area contributed by atoms with Gasteiger partial charge in [-0.3, -0.25) is 9.69 Å². The molecule has 98 valence electrons. The van der Waals surface area contributed by atoms with Crippen LogP contribution >= 0.6 is 0 Å². The van der Waals surface area contributed by atoms with Crippen LogP contribution in [0.2, 0.25) is 0 Å². The van der Waals surface area contributed by atoms with Crippen molar-refractivity contribution in [2.75, 3.05) is 6.54 Å². The highest BCUT2D eigenvalue weighted by molar-refractivity contribution is 5.97. The van der Waals surface area contributed by atoms with E-state index in [9.17, 15) is 9.90 Å². The maximum Gasteiger partial charge on any atom is 0.176 e. The Labute approximate surface area is 108 Å². The molecular formula is C15H21NO2. The van der Waals surface area contributed by atoms with Crippen LogP contribution in [0.15, 0.2) is 24.3 Å². The van der Waals surface area contributed by atoms with E-state index in [1.165, 1.54) is 12.8 Å². The highest BCUT2D eigenvalue weighted by Gasteiger charge is 2.30. The van der Waals surface area contributed by atoms with Gasteiger partial charge >= 0.3 is 0 Å². The summed E-state index contributed by atoms with van der Waals surface area (Å²) in [5.74, 6) is 0.342. The number of benzene rings is 1. The van der Waals surface area contributed by atoms with Gasteiger partial charge in [-0.2, -0.15) is 0 Å². The monoisotopic (exact) mass is 247 g/mol. The van der Waals surface area contributed by atoms with Gasteiger partial charge in [0.1, 0.15) is 5.75 Å². The van der Waals surface area contributed by atoms with Crippen LogP contribution in [0.3, 0.4) is 0 Å². The van der Waals surface area contributed by atoms with Crippen molar-refractivity contribution >= 4 is 5.78 Å². The highest BCUT2D eigenvalue weighted by atomic mass is 16.3. The lowest BCUT2D eigenvalue weighted by Crippen LogP contribution is -2.38. The second-order valence-corrected chi connectivity index (χ2v) is 5.13. The van der Waals surface area contributed by atoms with Gasteiger partial charge in [0.15, 0.2) is 5.78 Å². The third-order valence-electron chi connectivity index (χ3n) is 3.94. The van der Waals surface area contributed by atoms with Crippen molar-refractivity contribution < 1.29 is 9.90 Å². The number of phenols is 1. The molecule has 3 heteroatoms. The highest BCUT2D eigenvalue weighted by Crippen LogP contribution is 2.26. The van der Waals surface area contributed by atoms with Gasteiger partial charge in [-0.1, -0.05) is 6.92 Å². The molecule has 1 N–H and O–H groups in total. The van der Waals surface area contributed by atoms with Crippen molar-refractivity contribution in [3.05, 3.63) is 29.8 Å². The minimum atomic E-state index is 0.141. The zero-order valence-electron chi connectivity index (χ0n) is 11.1. The second kappa shape index (κ2) is 5.53. The molecular weight excluding hydrogens is 226 g/mol. The number of rotatable bonds is 4. The Bertz CT molecular complexity index is 413. The first-order chi connectivity index (χ1) is 8.61. The zero-order valence-corrected chi connectivity index (χ0v) is 11.1. The Balaban J connectivity index is 2.04. The number of carbonyl (C=O) groups is 1. The summed E-state index contributed by atoms with van der Waals surface area (Å²) < 4.78 is 0. The first-order valence-electron chi connectivity index (χ1n) is 6.69. The number of ketones is 1. The number of hydrogen-bond acceptors (Lipinski definition) is 3. The van der Waals surface area contributed by atoms with Gasteiger partial charge in [0.25, 0.3) is 0 Å². The molecule has 0 spiro atoms. The molecule has 18 heavy (non-hydrogen) atoms. The van der Waals surface area contributed by atoms with Gasteiger partial charge in [-0.05, 0) is 50.5 Å². The fourth-order valence-corrected chi connectivity index (χ4v) is 2.75. The number of Topliss-reactive ketones (excluding diaryl/α,β-unsaturated/α-hetero) is 1. The van der Waals surface area contributed by atoms with Gasteiger partial charge < -0.3 is 5.11 Å². The van der Waals surface area contributed by atoms with Gasteiger partial charge in [-0.25, -0.2) is 0 Å². The summed E-state index contributed by atoms with van der Waals surface area (Å²) in [5.41, 5.74) is 0.682. The molecule has 0 aliphatic carbocycles. The topological polar surface area (TPSA) is 40.5 Å². The maximum atomic E-state index is 12.2. The normalized spacial score (nSPS) is 24.3. The molecule has 0 bridgehead atoms. The molecule has 0 aromatic heterocycles.